The lowest BCUT2D eigenvalue weighted by molar-refractivity contribution is -0.140. The van der Waals surface area contributed by atoms with Crippen molar-refractivity contribution in [1.82, 2.24) is 0 Å². The van der Waals surface area contributed by atoms with Crippen molar-refractivity contribution in [3.8, 4) is 11.5 Å². The fourth-order valence-electron chi connectivity index (χ4n) is 2.04. The minimum absolute atomic E-state index is 0.561. The monoisotopic (exact) mass is 236 g/mol. The van der Waals surface area contributed by atoms with Gasteiger partial charge in [0.2, 0.25) is 0 Å². The summed E-state index contributed by atoms with van der Waals surface area (Å²) in [6.07, 6.45) is 1.32. The predicted molar refractivity (Wildman–Crippen MR) is 62.7 cm³/mol. The van der Waals surface area contributed by atoms with E-state index < -0.39 is 11.4 Å². The van der Waals surface area contributed by atoms with Crippen LogP contribution in [0.15, 0.2) is 18.2 Å². The molecule has 0 bridgehead atoms. The first-order valence-corrected chi connectivity index (χ1v) is 5.69. The van der Waals surface area contributed by atoms with Gasteiger partial charge >= 0.3 is 5.97 Å². The number of ether oxygens (including phenoxy) is 2. The lowest BCUT2D eigenvalue weighted by Gasteiger charge is -2.16. The summed E-state index contributed by atoms with van der Waals surface area (Å²) in [5.41, 5.74) is -0.0446. The Balaban J connectivity index is 2.43. The Labute approximate surface area is 100 Å². The standard InChI is InChI=1S/C13H16O4/c1-3-17-9-4-5-11(16-2)10(8-9)13(6-7-13)12(14)15/h4-5,8H,3,6-7H2,1-2H3,(H,14,15). The number of methoxy groups -OCH3 is 1. The van der Waals surface area contributed by atoms with Crippen molar-refractivity contribution in [3.05, 3.63) is 23.8 Å². The van der Waals surface area contributed by atoms with Crippen molar-refractivity contribution in [2.75, 3.05) is 13.7 Å². The lowest BCUT2D eigenvalue weighted by atomic mass is 9.95. The molecule has 0 saturated heterocycles. The molecule has 1 aliphatic rings. The number of carbonyl (C=O) groups is 1. The minimum atomic E-state index is -0.788. The molecule has 1 saturated carbocycles. The van der Waals surface area contributed by atoms with E-state index in [1.54, 1.807) is 25.3 Å². The number of carboxylic acids is 1. The summed E-state index contributed by atoms with van der Waals surface area (Å²) in [7, 11) is 1.55. The van der Waals surface area contributed by atoms with Crippen LogP contribution in [0.2, 0.25) is 0 Å². The average molecular weight is 236 g/mol. The zero-order valence-corrected chi connectivity index (χ0v) is 10.0. The van der Waals surface area contributed by atoms with Gasteiger partial charge in [0.1, 0.15) is 11.5 Å². The summed E-state index contributed by atoms with van der Waals surface area (Å²) in [5, 5.41) is 9.30. The second-order valence-electron chi connectivity index (χ2n) is 4.18. The Morgan fingerprint density at radius 3 is 2.65 bits per heavy atom. The van der Waals surface area contributed by atoms with Crippen LogP contribution >= 0.6 is 0 Å². The van der Waals surface area contributed by atoms with Crippen LogP contribution in [0.5, 0.6) is 11.5 Å². The van der Waals surface area contributed by atoms with Crippen molar-refractivity contribution in [1.29, 1.82) is 0 Å². The molecule has 0 spiro atoms. The van der Waals surface area contributed by atoms with E-state index in [0.29, 0.717) is 30.9 Å². The molecule has 0 aliphatic heterocycles. The predicted octanol–water partition coefficient (Wildman–Crippen LogP) is 2.21. The molecule has 0 amide bonds. The number of rotatable bonds is 5. The van der Waals surface area contributed by atoms with Gasteiger partial charge in [-0.3, -0.25) is 4.79 Å². The molecule has 2 rings (SSSR count). The number of hydrogen-bond acceptors (Lipinski definition) is 3. The van der Waals surface area contributed by atoms with Crippen molar-refractivity contribution in [3.63, 3.8) is 0 Å². The largest absolute Gasteiger partial charge is 0.496 e. The maximum atomic E-state index is 11.3. The van der Waals surface area contributed by atoms with Crippen molar-refractivity contribution >= 4 is 5.97 Å². The molecule has 1 fully saturated rings. The summed E-state index contributed by atoms with van der Waals surface area (Å²) in [6.45, 7) is 2.46. The zero-order valence-electron chi connectivity index (χ0n) is 10.0. The molecule has 4 heteroatoms. The Kier molecular flexibility index (Phi) is 2.96. The van der Waals surface area contributed by atoms with Gasteiger partial charge in [0.25, 0.3) is 0 Å². The van der Waals surface area contributed by atoms with E-state index >= 15 is 0 Å². The van der Waals surface area contributed by atoms with E-state index in [9.17, 15) is 9.90 Å². The molecule has 1 aromatic carbocycles. The van der Waals surface area contributed by atoms with Gasteiger partial charge in [-0.25, -0.2) is 0 Å². The van der Waals surface area contributed by atoms with Gasteiger partial charge in [-0.2, -0.15) is 0 Å². The van der Waals surface area contributed by atoms with Gasteiger partial charge in [-0.05, 0) is 38.0 Å². The Bertz CT molecular complexity index is 435. The van der Waals surface area contributed by atoms with Gasteiger partial charge in [0.15, 0.2) is 0 Å². The number of aliphatic carboxylic acids is 1. The lowest BCUT2D eigenvalue weighted by Crippen LogP contribution is -2.20. The molecular formula is C13H16O4. The average Bonchev–Trinajstić information content (AvgIpc) is 3.10. The third-order valence-corrected chi connectivity index (χ3v) is 3.16. The van der Waals surface area contributed by atoms with Crippen LogP contribution in [0, 0.1) is 0 Å². The summed E-state index contributed by atoms with van der Waals surface area (Å²) >= 11 is 0. The molecule has 0 aromatic heterocycles. The second kappa shape index (κ2) is 4.28. The van der Waals surface area contributed by atoms with Crippen LogP contribution in [-0.4, -0.2) is 24.8 Å². The smallest absolute Gasteiger partial charge is 0.314 e. The minimum Gasteiger partial charge on any atom is -0.496 e. The maximum absolute atomic E-state index is 11.3. The highest BCUT2D eigenvalue weighted by atomic mass is 16.5. The van der Waals surface area contributed by atoms with Crippen LogP contribution in [0.25, 0.3) is 0 Å². The first-order valence-electron chi connectivity index (χ1n) is 5.69. The van der Waals surface area contributed by atoms with Crippen molar-refractivity contribution in [2.24, 2.45) is 0 Å². The molecule has 0 heterocycles. The van der Waals surface area contributed by atoms with E-state index in [0.717, 1.165) is 5.56 Å². The van der Waals surface area contributed by atoms with Gasteiger partial charge in [-0.1, -0.05) is 0 Å². The molecule has 1 N–H and O–H groups in total. The summed E-state index contributed by atoms with van der Waals surface area (Å²) in [5.74, 6) is 0.522. The van der Waals surface area contributed by atoms with Crippen LogP contribution in [-0.2, 0) is 10.2 Å². The van der Waals surface area contributed by atoms with Gasteiger partial charge in [0, 0.05) is 5.56 Å². The summed E-state index contributed by atoms with van der Waals surface area (Å²) in [6, 6.07) is 5.34. The molecule has 1 aliphatic carbocycles. The van der Waals surface area contributed by atoms with Gasteiger partial charge < -0.3 is 14.6 Å². The molecule has 4 nitrogen and oxygen atoms in total. The molecular weight excluding hydrogens is 220 g/mol. The molecule has 1 aromatic rings. The maximum Gasteiger partial charge on any atom is 0.314 e. The normalized spacial score (nSPS) is 16.4. The van der Waals surface area contributed by atoms with E-state index in [1.807, 2.05) is 6.92 Å². The van der Waals surface area contributed by atoms with Gasteiger partial charge in [0.05, 0.1) is 19.1 Å². The number of hydrogen-bond donors (Lipinski definition) is 1. The molecule has 17 heavy (non-hydrogen) atoms. The molecule has 0 unspecified atom stereocenters. The summed E-state index contributed by atoms with van der Waals surface area (Å²) in [4.78, 5) is 11.3. The third kappa shape index (κ3) is 1.95. The zero-order chi connectivity index (χ0) is 12.5. The van der Waals surface area contributed by atoms with Crippen LogP contribution < -0.4 is 9.47 Å². The van der Waals surface area contributed by atoms with E-state index in [4.69, 9.17) is 9.47 Å². The highest BCUT2D eigenvalue weighted by molar-refractivity contribution is 5.86. The van der Waals surface area contributed by atoms with Crippen LogP contribution in [0.1, 0.15) is 25.3 Å². The van der Waals surface area contributed by atoms with Crippen LogP contribution in [0.3, 0.4) is 0 Å². The molecule has 92 valence electrons. The Hall–Kier alpha value is -1.71. The summed E-state index contributed by atoms with van der Waals surface area (Å²) < 4.78 is 10.6. The first kappa shape index (κ1) is 11.8. The Morgan fingerprint density at radius 2 is 2.18 bits per heavy atom. The molecule has 0 radical (unpaired) electrons. The second-order valence-corrected chi connectivity index (χ2v) is 4.18. The third-order valence-electron chi connectivity index (χ3n) is 3.16. The highest BCUT2D eigenvalue weighted by Crippen LogP contribution is 2.52. The molecule has 0 atom stereocenters. The number of carboxylic acid groups (broad SMARTS) is 1. The van der Waals surface area contributed by atoms with E-state index in [-0.39, 0.29) is 0 Å². The highest BCUT2D eigenvalue weighted by Gasteiger charge is 2.53. The van der Waals surface area contributed by atoms with E-state index in [1.165, 1.54) is 0 Å². The van der Waals surface area contributed by atoms with Crippen LogP contribution in [0.4, 0.5) is 0 Å². The number of benzene rings is 1. The van der Waals surface area contributed by atoms with Crippen molar-refractivity contribution in [2.45, 2.75) is 25.2 Å². The fourth-order valence-corrected chi connectivity index (χ4v) is 2.04. The van der Waals surface area contributed by atoms with Gasteiger partial charge in [-0.15, -0.1) is 0 Å². The first-order chi connectivity index (χ1) is 8.14. The van der Waals surface area contributed by atoms with E-state index in [2.05, 4.69) is 0 Å². The Morgan fingerprint density at radius 1 is 1.47 bits per heavy atom. The SMILES string of the molecule is CCOc1ccc(OC)c(C2(C(=O)O)CC2)c1. The fraction of sp³-hybridized carbons (Fsp3) is 0.462. The van der Waals surface area contributed by atoms with Crippen molar-refractivity contribution < 1.29 is 19.4 Å². The topological polar surface area (TPSA) is 55.8 Å². The quantitative estimate of drug-likeness (QED) is 0.851.